The van der Waals surface area contributed by atoms with Crippen LogP contribution in [0, 0.1) is 6.92 Å². The van der Waals surface area contributed by atoms with Crippen molar-refractivity contribution >= 4 is 51.6 Å². The van der Waals surface area contributed by atoms with Gasteiger partial charge in [-0.2, -0.15) is 14.8 Å². The first-order valence-electron chi connectivity index (χ1n) is 13.8. The number of ether oxygens (including phenoxy) is 2. The van der Waals surface area contributed by atoms with Gasteiger partial charge in [0.1, 0.15) is 16.7 Å². The summed E-state index contributed by atoms with van der Waals surface area (Å²) in [6.45, 7) is 12.8. The van der Waals surface area contributed by atoms with E-state index in [1.54, 1.807) is 12.3 Å². The van der Waals surface area contributed by atoms with Gasteiger partial charge in [-0.3, -0.25) is 0 Å². The smallest absolute Gasteiger partial charge is 0.435 e. The quantitative estimate of drug-likeness (QED) is 0.254. The highest BCUT2D eigenvalue weighted by Crippen LogP contribution is 2.30. The van der Waals surface area contributed by atoms with E-state index >= 15 is 0 Å². The number of aryl methyl sites for hydroxylation is 1. The van der Waals surface area contributed by atoms with Gasteiger partial charge >= 0.3 is 12.2 Å². The minimum Gasteiger partial charge on any atom is -0.459 e. The largest absolute Gasteiger partial charge is 0.459 e. The van der Waals surface area contributed by atoms with Gasteiger partial charge in [0.05, 0.1) is 17.5 Å². The van der Waals surface area contributed by atoms with E-state index in [1.807, 2.05) is 66.7 Å². The first-order chi connectivity index (χ1) is 19.2. The van der Waals surface area contributed by atoms with E-state index in [4.69, 9.17) is 18.9 Å². The summed E-state index contributed by atoms with van der Waals surface area (Å²) in [6, 6.07) is 7.45. The van der Waals surface area contributed by atoms with Crippen LogP contribution in [-0.2, 0) is 9.47 Å². The van der Waals surface area contributed by atoms with E-state index in [1.165, 1.54) is 4.68 Å². The monoisotopic (exact) mass is 563 g/mol. The zero-order valence-electron chi connectivity index (χ0n) is 24.5. The summed E-state index contributed by atoms with van der Waals surface area (Å²) in [5.74, 6) is 0.920. The maximum atomic E-state index is 12.8. The number of nitrogens with one attached hydrogen (secondary N) is 3. The number of aromatic nitrogens is 4. The summed E-state index contributed by atoms with van der Waals surface area (Å²) >= 11 is 0. The number of fused-ring (bicyclic) bond motifs is 2. The standard InChI is InChI=1S/C29H37N7O5/c1-16-20-11-10-19(15-22(20)36(35-16)27(38)41-29(5,6)7)31-25-33-21-12-13-39-23(21)24(34-25)30-17-8-9-18(14-17)32-26(37)40-28(2,3)4/h10-13,15,17-18H,8-9,14H2,1-7H3,(H,32,37)(H2,30,31,33,34). The lowest BCUT2D eigenvalue weighted by molar-refractivity contribution is 0.0499. The van der Waals surface area contributed by atoms with Crippen LogP contribution in [0.3, 0.4) is 0 Å². The number of anilines is 3. The first-order valence-corrected chi connectivity index (χ1v) is 13.8. The molecule has 2 atom stereocenters. The van der Waals surface area contributed by atoms with Crippen LogP contribution < -0.4 is 16.0 Å². The SMILES string of the molecule is Cc1nn(C(=O)OC(C)(C)C)c2cc(Nc3nc(NC4CCC(NC(=O)OC(C)(C)C)C4)c4occc4n3)ccc12. The van der Waals surface area contributed by atoms with Crippen molar-refractivity contribution in [2.75, 3.05) is 10.6 Å². The van der Waals surface area contributed by atoms with Gasteiger partial charge in [-0.1, -0.05) is 0 Å². The Morgan fingerprint density at radius 1 is 1.00 bits per heavy atom. The van der Waals surface area contributed by atoms with Gasteiger partial charge in [0.25, 0.3) is 0 Å². The molecule has 1 amide bonds. The van der Waals surface area contributed by atoms with E-state index < -0.39 is 23.4 Å². The molecule has 218 valence electrons. The molecule has 1 aliphatic rings. The van der Waals surface area contributed by atoms with Gasteiger partial charge in [0.15, 0.2) is 11.4 Å². The van der Waals surface area contributed by atoms with Gasteiger partial charge in [-0.15, -0.1) is 0 Å². The Morgan fingerprint density at radius 3 is 2.46 bits per heavy atom. The predicted molar refractivity (Wildman–Crippen MR) is 156 cm³/mol. The normalized spacial score (nSPS) is 17.5. The number of carbonyl (C=O) groups excluding carboxylic acids is 2. The van der Waals surface area contributed by atoms with E-state index in [2.05, 4.69) is 26.0 Å². The molecule has 1 aromatic carbocycles. The lowest BCUT2D eigenvalue weighted by Crippen LogP contribution is -2.38. The van der Waals surface area contributed by atoms with Crippen molar-refractivity contribution in [3.05, 3.63) is 36.2 Å². The maximum Gasteiger partial charge on any atom is 0.435 e. The highest BCUT2D eigenvalue weighted by molar-refractivity contribution is 5.92. The van der Waals surface area contributed by atoms with Crippen LogP contribution in [0.15, 0.2) is 34.9 Å². The molecule has 2 unspecified atom stereocenters. The van der Waals surface area contributed by atoms with Crippen LogP contribution in [-0.4, -0.2) is 55.2 Å². The predicted octanol–water partition coefficient (Wildman–Crippen LogP) is 6.27. The zero-order chi connectivity index (χ0) is 29.5. The average molecular weight is 564 g/mol. The van der Waals surface area contributed by atoms with Crippen molar-refractivity contribution < 1.29 is 23.5 Å². The number of benzene rings is 1. The summed E-state index contributed by atoms with van der Waals surface area (Å²) < 4.78 is 17.9. The van der Waals surface area contributed by atoms with Crippen molar-refractivity contribution in [1.82, 2.24) is 25.1 Å². The van der Waals surface area contributed by atoms with Crippen LogP contribution >= 0.6 is 0 Å². The number of carbonyl (C=O) groups is 2. The topological polar surface area (TPSA) is 145 Å². The molecule has 3 N–H and O–H groups in total. The van der Waals surface area contributed by atoms with E-state index in [0.717, 1.165) is 30.3 Å². The molecule has 0 saturated heterocycles. The molecule has 3 aromatic heterocycles. The Bertz CT molecular complexity index is 1590. The molecule has 4 aromatic rings. The molecule has 5 rings (SSSR count). The second-order valence-electron chi connectivity index (χ2n) is 12.4. The lowest BCUT2D eigenvalue weighted by Gasteiger charge is -2.22. The Morgan fingerprint density at radius 2 is 1.73 bits per heavy atom. The van der Waals surface area contributed by atoms with Crippen molar-refractivity contribution in [3.63, 3.8) is 0 Å². The number of alkyl carbamates (subject to hydrolysis) is 1. The van der Waals surface area contributed by atoms with Gasteiger partial charge in [0.2, 0.25) is 5.95 Å². The molecule has 12 nitrogen and oxygen atoms in total. The van der Waals surface area contributed by atoms with Crippen LogP contribution in [0.2, 0.25) is 0 Å². The molecule has 0 radical (unpaired) electrons. The molecule has 1 aliphatic carbocycles. The molecule has 3 heterocycles. The molecule has 41 heavy (non-hydrogen) atoms. The molecular weight excluding hydrogens is 526 g/mol. The van der Waals surface area contributed by atoms with Gasteiger partial charge in [-0.25, -0.2) is 14.6 Å². The molecule has 1 fully saturated rings. The molecular formula is C29H37N7O5. The highest BCUT2D eigenvalue weighted by Gasteiger charge is 2.29. The fourth-order valence-electron chi connectivity index (χ4n) is 4.85. The molecule has 0 aliphatic heterocycles. The number of nitrogens with zero attached hydrogens (tertiary/aromatic N) is 4. The van der Waals surface area contributed by atoms with Gasteiger partial charge in [0, 0.05) is 29.2 Å². The molecule has 0 bridgehead atoms. The highest BCUT2D eigenvalue weighted by atomic mass is 16.6. The summed E-state index contributed by atoms with van der Waals surface area (Å²) in [7, 11) is 0. The van der Waals surface area contributed by atoms with Crippen LogP contribution in [0.25, 0.3) is 22.0 Å². The van der Waals surface area contributed by atoms with E-state index in [9.17, 15) is 9.59 Å². The van der Waals surface area contributed by atoms with Crippen molar-refractivity contribution in [1.29, 1.82) is 0 Å². The van der Waals surface area contributed by atoms with Crippen molar-refractivity contribution in [2.24, 2.45) is 0 Å². The second-order valence-corrected chi connectivity index (χ2v) is 12.4. The Balaban J connectivity index is 1.34. The second kappa shape index (κ2) is 10.6. The lowest BCUT2D eigenvalue weighted by atomic mass is 10.2. The summed E-state index contributed by atoms with van der Waals surface area (Å²) in [4.78, 5) is 34.3. The van der Waals surface area contributed by atoms with E-state index in [-0.39, 0.29) is 12.1 Å². The minimum atomic E-state index is -0.651. The number of hydrogen-bond acceptors (Lipinski definition) is 10. The summed E-state index contributed by atoms with van der Waals surface area (Å²) in [6.07, 6.45) is 3.00. The van der Waals surface area contributed by atoms with Crippen LogP contribution in [0.5, 0.6) is 0 Å². The number of furan rings is 1. The molecule has 1 saturated carbocycles. The number of rotatable bonds is 5. The summed E-state index contributed by atoms with van der Waals surface area (Å²) in [5.41, 5.74) is 2.00. The zero-order valence-corrected chi connectivity index (χ0v) is 24.5. The third-order valence-electron chi connectivity index (χ3n) is 6.49. The third-order valence-corrected chi connectivity index (χ3v) is 6.49. The fourth-order valence-corrected chi connectivity index (χ4v) is 4.85. The fraction of sp³-hybridized carbons (Fsp3) is 0.483. The Kier molecular flexibility index (Phi) is 7.26. The average Bonchev–Trinajstić information content (AvgIpc) is 3.56. The number of amides is 1. The van der Waals surface area contributed by atoms with Gasteiger partial charge in [-0.05, 0) is 85.9 Å². The number of hydrogen-bond donors (Lipinski definition) is 3. The molecule has 12 heteroatoms. The first kappa shape index (κ1) is 28.2. The Labute approximate surface area is 238 Å². The van der Waals surface area contributed by atoms with Crippen molar-refractivity contribution in [3.8, 4) is 0 Å². The van der Waals surface area contributed by atoms with Gasteiger partial charge < -0.3 is 29.8 Å². The Hall–Kier alpha value is -4.35. The van der Waals surface area contributed by atoms with E-state index in [0.29, 0.717) is 34.1 Å². The maximum absolute atomic E-state index is 12.8. The summed E-state index contributed by atoms with van der Waals surface area (Å²) in [5, 5.41) is 14.9. The third kappa shape index (κ3) is 6.69. The molecule has 0 spiro atoms. The van der Waals surface area contributed by atoms with Crippen LogP contribution in [0.1, 0.15) is 66.5 Å². The van der Waals surface area contributed by atoms with Crippen LogP contribution in [0.4, 0.5) is 27.0 Å². The van der Waals surface area contributed by atoms with Crippen molar-refractivity contribution in [2.45, 2.75) is 91.0 Å². The minimum absolute atomic E-state index is 0.00103.